The molecule has 4 heteroatoms. The summed E-state index contributed by atoms with van der Waals surface area (Å²) < 4.78 is 10.8. The van der Waals surface area contributed by atoms with Crippen LogP contribution in [0.4, 0.5) is 0 Å². The predicted octanol–water partition coefficient (Wildman–Crippen LogP) is 0.897. The van der Waals surface area contributed by atoms with Crippen LogP contribution in [0.15, 0.2) is 24.3 Å². The lowest BCUT2D eigenvalue weighted by molar-refractivity contribution is 0.0348. The van der Waals surface area contributed by atoms with Gasteiger partial charge in [0.15, 0.2) is 0 Å². The van der Waals surface area contributed by atoms with Crippen LogP contribution in [0.2, 0.25) is 0 Å². The highest BCUT2D eigenvalue weighted by Crippen LogP contribution is 2.26. The Bertz CT molecular complexity index is 370. The van der Waals surface area contributed by atoms with Gasteiger partial charge in [0.1, 0.15) is 0 Å². The molecule has 18 heavy (non-hydrogen) atoms. The molecule has 1 aliphatic rings. The van der Waals surface area contributed by atoms with Crippen molar-refractivity contribution >= 4 is 0 Å². The van der Waals surface area contributed by atoms with Gasteiger partial charge in [0.2, 0.25) is 0 Å². The van der Waals surface area contributed by atoms with Crippen molar-refractivity contribution in [1.82, 2.24) is 5.32 Å². The molecule has 0 amide bonds. The van der Waals surface area contributed by atoms with Crippen molar-refractivity contribution in [3.63, 3.8) is 0 Å². The summed E-state index contributed by atoms with van der Waals surface area (Å²) in [7, 11) is 1.64. The average molecular weight is 251 g/mol. The SMILES string of the molecule is COCC(CO)NCC1OCCc2ccccc21. The van der Waals surface area contributed by atoms with Gasteiger partial charge in [0.25, 0.3) is 0 Å². The van der Waals surface area contributed by atoms with Gasteiger partial charge in [0.05, 0.1) is 32.0 Å². The van der Waals surface area contributed by atoms with Crippen LogP contribution < -0.4 is 5.32 Å². The maximum absolute atomic E-state index is 9.20. The van der Waals surface area contributed by atoms with E-state index in [1.54, 1.807) is 7.11 Å². The minimum Gasteiger partial charge on any atom is -0.395 e. The molecule has 1 heterocycles. The Balaban J connectivity index is 1.94. The largest absolute Gasteiger partial charge is 0.395 e. The van der Waals surface area contributed by atoms with Gasteiger partial charge in [-0.25, -0.2) is 0 Å². The first-order valence-electron chi connectivity index (χ1n) is 6.37. The minimum absolute atomic E-state index is 0.0345. The Morgan fingerprint density at radius 3 is 3.11 bits per heavy atom. The van der Waals surface area contributed by atoms with Crippen molar-refractivity contribution in [2.45, 2.75) is 18.6 Å². The van der Waals surface area contributed by atoms with Gasteiger partial charge in [0, 0.05) is 13.7 Å². The molecule has 2 N–H and O–H groups in total. The minimum atomic E-state index is -0.0345. The van der Waals surface area contributed by atoms with Crippen molar-refractivity contribution in [2.24, 2.45) is 0 Å². The summed E-state index contributed by atoms with van der Waals surface area (Å²) >= 11 is 0. The summed E-state index contributed by atoms with van der Waals surface area (Å²) in [5.41, 5.74) is 2.62. The van der Waals surface area contributed by atoms with E-state index in [1.807, 2.05) is 6.07 Å². The van der Waals surface area contributed by atoms with Gasteiger partial charge < -0.3 is 19.9 Å². The van der Waals surface area contributed by atoms with Crippen LogP contribution in [-0.4, -0.2) is 44.6 Å². The van der Waals surface area contributed by atoms with Crippen LogP contribution in [0.5, 0.6) is 0 Å². The normalized spacial score (nSPS) is 20.4. The fourth-order valence-electron chi connectivity index (χ4n) is 2.30. The van der Waals surface area contributed by atoms with Crippen LogP contribution in [0, 0.1) is 0 Å². The van der Waals surface area contributed by atoms with Gasteiger partial charge in [-0.05, 0) is 17.5 Å². The first-order chi connectivity index (χ1) is 8.85. The lowest BCUT2D eigenvalue weighted by Gasteiger charge is -2.27. The number of aliphatic hydroxyl groups excluding tert-OH is 1. The third kappa shape index (κ3) is 3.29. The number of aliphatic hydroxyl groups is 1. The van der Waals surface area contributed by atoms with E-state index in [0.29, 0.717) is 13.2 Å². The van der Waals surface area contributed by atoms with Crippen molar-refractivity contribution in [3.8, 4) is 0 Å². The molecule has 1 aromatic rings. The third-order valence-corrected chi connectivity index (χ3v) is 3.27. The number of fused-ring (bicyclic) bond motifs is 1. The number of rotatable bonds is 6. The lowest BCUT2D eigenvalue weighted by atomic mass is 9.97. The molecule has 1 aromatic carbocycles. The van der Waals surface area contributed by atoms with Gasteiger partial charge in [-0.1, -0.05) is 24.3 Å². The van der Waals surface area contributed by atoms with Crippen LogP contribution in [-0.2, 0) is 15.9 Å². The molecule has 2 unspecified atom stereocenters. The molecule has 0 spiro atoms. The molecule has 0 aliphatic carbocycles. The maximum atomic E-state index is 9.20. The maximum Gasteiger partial charge on any atom is 0.0952 e. The smallest absolute Gasteiger partial charge is 0.0952 e. The molecule has 0 fully saturated rings. The first-order valence-corrected chi connectivity index (χ1v) is 6.37. The number of nitrogens with one attached hydrogen (secondary N) is 1. The number of ether oxygens (including phenoxy) is 2. The highest BCUT2D eigenvalue weighted by Gasteiger charge is 2.21. The second-order valence-electron chi connectivity index (χ2n) is 4.55. The Labute approximate surface area is 108 Å². The second-order valence-corrected chi connectivity index (χ2v) is 4.55. The standard InChI is InChI=1S/C14H21NO3/c1-17-10-12(9-16)15-8-14-13-5-3-2-4-11(13)6-7-18-14/h2-5,12,14-16H,6-10H2,1H3. The quantitative estimate of drug-likeness (QED) is 0.788. The number of benzene rings is 1. The zero-order chi connectivity index (χ0) is 12.8. The Morgan fingerprint density at radius 1 is 1.50 bits per heavy atom. The van der Waals surface area contributed by atoms with E-state index in [9.17, 15) is 5.11 Å². The first kappa shape index (κ1) is 13.5. The summed E-state index contributed by atoms with van der Waals surface area (Å²) in [6.07, 6.45) is 1.05. The van der Waals surface area contributed by atoms with E-state index in [1.165, 1.54) is 11.1 Å². The van der Waals surface area contributed by atoms with Crippen LogP contribution in [0.25, 0.3) is 0 Å². The van der Waals surface area contributed by atoms with E-state index in [0.717, 1.165) is 13.0 Å². The topological polar surface area (TPSA) is 50.7 Å². The molecule has 2 rings (SSSR count). The number of methoxy groups -OCH3 is 1. The zero-order valence-corrected chi connectivity index (χ0v) is 10.8. The van der Waals surface area contributed by atoms with Gasteiger partial charge in [-0.3, -0.25) is 0 Å². The van der Waals surface area contributed by atoms with Crippen LogP contribution in [0.1, 0.15) is 17.2 Å². The van der Waals surface area contributed by atoms with E-state index in [2.05, 4.69) is 23.5 Å². The van der Waals surface area contributed by atoms with Crippen LogP contribution in [0.3, 0.4) is 0 Å². The third-order valence-electron chi connectivity index (χ3n) is 3.27. The lowest BCUT2D eigenvalue weighted by Crippen LogP contribution is -2.40. The molecule has 0 aromatic heterocycles. The molecule has 0 radical (unpaired) electrons. The zero-order valence-electron chi connectivity index (χ0n) is 10.8. The van der Waals surface area contributed by atoms with Crippen molar-refractivity contribution in [1.29, 1.82) is 0 Å². The molecule has 2 atom stereocenters. The van der Waals surface area contributed by atoms with Gasteiger partial charge in [-0.2, -0.15) is 0 Å². The van der Waals surface area contributed by atoms with E-state index in [-0.39, 0.29) is 18.8 Å². The van der Waals surface area contributed by atoms with Gasteiger partial charge >= 0.3 is 0 Å². The van der Waals surface area contributed by atoms with Crippen molar-refractivity contribution in [2.75, 3.05) is 33.5 Å². The molecule has 100 valence electrons. The Morgan fingerprint density at radius 2 is 2.33 bits per heavy atom. The Hall–Kier alpha value is -0.940. The van der Waals surface area contributed by atoms with Crippen LogP contribution >= 0.6 is 0 Å². The fraction of sp³-hybridized carbons (Fsp3) is 0.571. The summed E-state index contributed by atoms with van der Waals surface area (Å²) in [4.78, 5) is 0. The monoisotopic (exact) mass is 251 g/mol. The van der Waals surface area contributed by atoms with Crippen molar-refractivity contribution in [3.05, 3.63) is 35.4 Å². The molecule has 1 aliphatic heterocycles. The predicted molar refractivity (Wildman–Crippen MR) is 69.6 cm³/mol. The van der Waals surface area contributed by atoms with Gasteiger partial charge in [-0.15, -0.1) is 0 Å². The second kappa shape index (κ2) is 6.85. The Kier molecular flexibility index (Phi) is 5.13. The number of hydrogen-bond acceptors (Lipinski definition) is 4. The summed E-state index contributed by atoms with van der Waals surface area (Å²) in [5, 5.41) is 12.5. The molecule has 0 saturated carbocycles. The van der Waals surface area contributed by atoms with Crippen molar-refractivity contribution < 1.29 is 14.6 Å². The summed E-state index contributed by atoms with van der Waals surface area (Å²) in [6, 6.07) is 8.34. The molecule has 0 bridgehead atoms. The van der Waals surface area contributed by atoms with E-state index >= 15 is 0 Å². The average Bonchev–Trinajstić information content (AvgIpc) is 2.43. The molecular weight excluding hydrogens is 230 g/mol. The molecule has 4 nitrogen and oxygen atoms in total. The molecule has 0 saturated heterocycles. The molecular formula is C14H21NO3. The fourth-order valence-corrected chi connectivity index (χ4v) is 2.30. The van der Waals surface area contributed by atoms with E-state index in [4.69, 9.17) is 9.47 Å². The highest BCUT2D eigenvalue weighted by molar-refractivity contribution is 5.31. The number of hydrogen-bond donors (Lipinski definition) is 2. The van der Waals surface area contributed by atoms with E-state index < -0.39 is 0 Å². The summed E-state index contributed by atoms with van der Waals surface area (Å²) in [5.74, 6) is 0. The summed E-state index contributed by atoms with van der Waals surface area (Å²) in [6.45, 7) is 2.04. The highest BCUT2D eigenvalue weighted by atomic mass is 16.5.